The van der Waals surface area contributed by atoms with Gasteiger partial charge in [0.2, 0.25) is 23.6 Å². The number of piperazine rings is 1. The zero-order chi connectivity index (χ0) is 22.0. The van der Waals surface area contributed by atoms with Crippen LogP contribution >= 0.6 is 0 Å². The Hall–Kier alpha value is -3.11. The second-order valence-corrected chi connectivity index (χ2v) is 8.11. The van der Waals surface area contributed by atoms with Crippen molar-refractivity contribution in [3.8, 4) is 11.4 Å². The Morgan fingerprint density at radius 1 is 1.03 bits per heavy atom. The zero-order valence-electron chi connectivity index (χ0n) is 18.5. The first-order chi connectivity index (χ1) is 14.9. The van der Waals surface area contributed by atoms with Gasteiger partial charge in [-0.05, 0) is 13.8 Å². The Balaban J connectivity index is 1.35. The number of hydrogen-bond acceptors (Lipinski definition) is 10. The molecule has 0 amide bonds. The van der Waals surface area contributed by atoms with Gasteiger partial charge in [-0.2, -0.15) is 19.9 Å². The van der Waals surface area contributed by atoms with Crippen LogP contribution in [0.15, 0.2) is 28.8 Å². The lowest BCUT2D eigenvalue weighted by Crippen LogP contribution is -2.46. The highest BCUT2D eigenvalue weighted by Gasteiger charge is 2.26. The predicted molar refractivity (Wildman–Crippen MR) is 118 cm³/mol. The van der Waals surface area contributed by atoms with E-state index in [-0.39, 0.29) is 12.0 Å². The lowest BCUT2D eigenvalue weighted by Gasteiger charge is -2.36. The summed E-state index contributed by atoms with van der Waals surface area (Å²) in [7, 11) is 3.78. The molecule has 1 unspecified atom stereocenters. The third-order valence-corrected chi connectivity index (χ3v) is 5.52. The van der Waals surface area contributed by atoms with Crippen molar-refractivity contribution in [1.82, 2.24) is 34.9 Å². The number of rotatable bonds is 6. The van der Waals surface area contributed by atoms with Crippen molar-refractivity contribution >= 4 is 11.9 Å². The van der Waals surface area contributed by atoms with E-state index in [4.69, 9.17) is 10.3 Å². The van der Waals surface area contributed by atoms with Crippen LogP contribution in [0.4, 0.5) is 11.9 Å². The summed E-state index contributed by atoms with van der Waals surface area (Å²) in [4.78, 5) is 24.1. The Labute approximate surface area is 182 Å². The summed E-state index contributed by atoms with van der Waals surface area (Å²) in [6.07, 6.45) is 0. The van der Waals surface area contributed by atoms with Gasteiger partial charge in [-0.3, -0.25) is 9.80 Å². The molecule has 10 nitrogen and oxygen atoms in total. The molecule has 4 rings (SSSR count). The van der Waals surface area contributed by atoms with Crippen LogP contribution in [0.2, 0.25) is 0 Å². The lowest BCUT2D eigenvalue weighted by atomic mass is 10.1. The van der Waals surface area contributed by atoms with E-state index in [9.17, 15) is 0 Å². The molecule has 10 heteroatoms. The van der Waals surface area contributed by atoms with Crippen molar-refractivity contribution < 1.29 is 4.52 Å². The van der Waals surface area contributed by atoms with E-state index in [1.54, 1.807) is 0 Å². The van der Waals surface area contributed by atoms with Crippen LogP contribution in [0.5, 0.6) is 0 Å². The summed E-state index contributed by atoms with van der Waals surface area (Å²) in [6.45, 7) is 8.39. The van der Waals surface area contributed by atoms with Gasteiger partial charge in [-0.1, -0.05) is 35.0 Å². The van der Waals surface area contributed by atoms with Crippen molar-refractivity contribution in [2.45, 2.75) is 26.4 Å². The monoisotopic (exact) mass is 423 g/mol. The van der Waals surface area contributed by atoms with Crippen LogP contribution in [0, 0.1) is 6.92 Å². The van der Waals surface area contributed by atoms with E-state index in [2.05, 4.69) is 60.9 Å². The maximum Gasteiger partial charge on any atom is 0.244 e. The van der Waals surface area contributed by atoms with Crippen LogP contribution in [0.1, 0.15) is 30.2 Å². The van der Waals surface area contributed by atoms with E-state index < -0.39 is 0 Å². The summed E-state index contributed by atoms with van der Waals surface area (Å²) in [5.41, 5.74) is 8.01. The van der Waals surface area contributed by atoms with E-state index in [0.29, 0.717) is 30.0 Å². The van der Waals surface area contributed by atoms with Gasteiger partial charge < -0.3 is 15.2 Å². The normalized spacial score (nSPS) is 16.4. The molecule has 0 spiro atoms. The third-order valence-electron chi connectivity index (χ3n) is 5.52. The molecule has 1 aromatic carbocycles. The molecule has 1 fully saturated rings. The number of anilines is 2. The number of aromatic nitrogens is 5. The first kappa shape index (κ1) is 21.1. The fourth-order valence-electron chi connectivity index (χ4n) is 3.59. The highest BCUT2D eigenvalue weighted by molar-refractivity contribution is 5.54. The summed E-state index contributed by atoms with van der Waals surface area (Å²) in [5.74, 6) is 2.80. The second-order valence-electron chi connectivity index (χ2n) is 8.11. The highest BCUT2D eigenvalue weighted by atomic mass is 16.5. The summed E-state index contributed by atoms with van der Waals surface area (Å²) < 4.78 is 5.57. The minimum absolute atomic E-state index is 0.0574. The van der Waals surface area contributed by atoms with Crippen molar-refractivity contribution in [3.63, 3.8) is 0 Å². The minimum atomic E-state index is 0.0574. The Morgan fingerprint density at radius 2 is 1.74 bits per heavy atom. The molecule has 1 aliphatic heterocycles. The van der Waals surface area contributed by atoms with Crippen molar-refractivity contribution in [1.29, 1.82) is 0 Å². The largest absolute Gasteiger partial charge is 0.368 e. The van der Waals surface area contributed by atoms with Gasteiger partial charge in [0.25, 0.3) is 0 Å². The van der Waals surface area contributed by atoms with Gasteiger partial charge in [0.1, 0.15) is 5.82 Å². The zero-order valence-corrected chi connectivity index (χ0v) is 18.5. The molecule has 0 bridgehead atoms. The average molecular weight is 424 g/mol. The standard InChI is InChI=1S/C21H29N9O/c1-14-5-7-16(8-6-14)18-25-19(31-27-18)15(2)30-11-9-29(10-12-30)13-17-23-20(22)26-21(24-17)28(3)4/h5-8,15H,9-13H2,1-4H3,(H2,22,23,24,26). The van der Waals surface area contributed by atoms with E-state index >= 15 is 0 Å². The van der Waals surface area contributed by atoms with Crippen LogP contribution in [-0.2, 0) is 6.54 Å². The molecule has 1 saturated heterocycles. The molecule has 0 saturated carbocycles. The molecule has 0 radical (unpaired) electrons. The van der Waals surface area contributed by atoms with Gasteiger partial charge in [-0.25, -0.2) is 0 Å². The predicted octanol–water partition coefficient (Wildman–Crippen LogP) is 1.76. The molecule has 2 aromatic heterocycles. The molecule has 1 aliphatic rings. The molecule has 31 heavy (non-hydrogen) atoms. The number of hydrogen-bond donors (Lipinski definition) is 1. The summed E-state index contributed by atoms with van der Waals surface area (Å²) in [5, 5.41) is 4.17. The molecule has 1 atom stereocenters. The average Bonchev–Trinajstić information content (AvgIpc) is 3.24. The molecule has 3 aromatic rings. The van der Waals surface area contributed by atoms with E-state index in [1.807, 2.05) is 31.1 Å². The summed E-state index contributed by atoms with van der Waals surface area (Å²) in [6, 6.07) is 8.19. The molecule has 3 heterocycles. The quantitative estimate of drug-likeness (QED) is 0.629. The number of aryl methyl sites for hydroxylation is 1. The van der Waals surface area contributed by atoms with E-state index in [0.717, 1.165) is 31.7 Å². The van der Waals surface area contributed by atoms with Gasteiger partial charge in [0.15, 0.2) is 0 Å². The van der Waals surface area contributed by atoms with Crippen LogP contribution in [0.25, 0.3) is 11.4 Å². The topological polar surface area (TPSA) is 113 Å². The first-order valence-corrected chi connectivity index (χ1v) is 10.4. The fourth-order valence-corrected chi connectivity index (χ4v) is 3.59. The van der Waals surface area contributed by atoms with Crippen LogP contribution in [-0.4, -0.2) is 75.2 Å². The van der Waals surface area contributed by atoms with Crippen molar-refractivity contribution in [3.05, 3.63) is 41.5 Å². The SMILES string of the molecule is Cc1ccc(-c2noc(C(C)N3CCN(Cc4nc(N)nc(N(C)C)n4)CC3)n2)cc1. The van der Waals surface area contributed by atoms with Gasteiger partial charge in [0, 0.05) is 45.8 Å². The molecule has 0 aliphatic carbocycles. The molecule has 164 valence electrons. The van der Waals surface area contributed by atoms with Crippen LogP contribution in [0.3, 0.4) is 0 Å². The minimum Gasteiger partial charge on any atom is -0.368 e. The molecule has 2 N–H and O–H groups in total. The molecular formula is C21H29N9O. The maximum atomic E-state index is 5.84. The third kappa shape index (κ3) is 4.97. The number of nitrogens with zero attached hydrogens (tertiary/aromatic N) is 8. The Kier molecular flexibility index (Phi) is 6.10. The number of nitrogen functional groups attached to an aromatic ring is 1. The number of benzene rings is 1. The summed E-state index contributed by atoms with van der Waals surface area (Å²) >= 11 is 0. The van der Waals surface area contributed by atoms with Gasteiger partial charge >= 0.3 is 0 Å². The van der Waals surface area contributed by atoms with Gasteiger partial charge in [0.05, 0.1) is 12.6 Å². The number of nitrogens with two attached hydrogens (primary N) is 1. The maximum absolute atomic E-state index is 5.84. The van der Waals surface area contributed by atoms with Gasteiger partial charge in [-0.15, -0.1) is 0 Å². The van der Waals surface area contributed by atoms with Crippen LogP contribution < -0.4 is 10.6 Å². The Morgan fingerprint density at radius 3 is 2.42 bits per heavy atom. The second kappa shape index (κ2) is 8.94. The van der Waals surface area contributed by atoms with Crippen molar-refractivity contribution in [2.24, 2.45) is 0 Å². The fraction of sp³-hybridized carbons (Fsp3) is 0.476. The molecular weight excluding hydrogens is 394 g/mol. The smallest absolute Gasteiger partial charge is 0.244 e. The van der Waals surface area contributed by atoms with E-state index in [1.165, 1.54) is 5.56 Å². The lowest BCUT2D eigenvalue weighted by molar-refractivity contribution is 0.0831. The highest BCUT2D eigenvalue weighted by Crippen LogP contribution is 2.24. The van der Waals surface area contributed by atoms with Crippen molar-refractivity contribution in [2.75, 3.05) is 50.9 Å². The Bertz CT molecular complexity index is 1010. The first-order valence-electron chi connectivity index (χ1n) is 10.4.